The minimum Gasteiger partial charge on any atom is -0.465 e. The summed E-state index contributed by atoms with van der Waals surface area (Å²) in [5.41, 5.74) is 4.89. The number of allylic oxidation sites excluding steroid dienone is 2. The molecule has 0 radical (unpaired) electrons. The molecule has 4 rings (SSSR count). The Kier molecular flexibility index (Phi) is 4.04. The van der Waals surface area contributed by atoms with Crippen molar-refractivity contribution in [3.8, 4) is 0 Å². The van der Waals surface area contributed by atoms with E-state index in [0.29, 0.717) is 16.5 Å². The Balaban J connectivity index is 1.85. The lowest BCUT2D eigenvalue weighted by Crippen LogP contribution is -2.30. The molecule has 1 N–H and O–H groups in total. The molecule has 0 amide bonds. The van der Waals surface area contributed by atoms with E-state index in [0.717, 1.165) is 17.7 Å². The summed E-state index contributed by atoms with van der Waals surface area (Å²) in [6, 6.07) is 12.3. The molecule has 1 aliphatic carbocycles. The molecule has 0 aromatic heterocycles. The summed E-state index contributed by atoms with van der Waals surface area (Å²) in [6.45, 7) is 2.09. The number of carbonyl (C=O) groups excluding carboxylic acids is 1. The van der Waals surface area contributed by atoms with Gasteiger partial charge in [-0.05, 0) is 42.5 Å². The number of aryl methyl sites for hydroxylation is 1. The molecule has 2 aliphatic rings. The Hall–Kier alpha value is -2.26. The lowest BCUT2D eigenvalue weighted by atomic mass is 9.75. The highest BCUT2D eigenvalue weighted by molar-refractivity contribution is 6.33. The number of methoxy groups -OCH3 is 1. The standard InChI is InChI=1S/C21H20ClNO2/c1-12-6-8-13(9-7-12)19-15-5-3-4-14(15)18-16(21(24)25-2)10-11-17(22)20(18)23-19/h3-4,6-11,14-15,19,23H,5H2,1-2H3/t14-,15-,19-/m1/s1. The van der Waals surface area contributed by atoms with Crippen LogP contribution in [-0.2, 0) is 4.74 Å². The molecule has 0 bridgehead atoms. The second kappa shape index (κ2) is 6.23. The highest BCUT2D eigenvalue weighted by Gasteiger charge is 2.40. The van der Waals surface area contributed by atoms with Crippen LogP contribution >= 0.6 is 11.6 Å². The van der Waals surface area contributed by atoms with E-state index in [1.165, 1.54) is 18.2 Å². The second-order valence-corrected chi connectivity index (χ2v) is 7.17. The average Bonchev–Trinajstić information content (AvgIpc) is 3.11. The van der Waals surface area contributed by atoms with Gasteiger partial charge in [0.25, 0.3) is 0 Å². The predicted octanol–water partition coefficient (Wildman–Crippen LogP) is 5.26. The van der Waals surface area contributed by atoms with Crippen LogP contribution in [0, 0.1) is 12.8 Å². The maximum Gasteiger partial charge on any atom is 0.338 e. The van der Waals surface area contributed by atoms with Crippen molar-refractivity contribution >= 4 is 23.3 Å². The third-order valence-corrected chi connectivity index (χ3v) is 5.63. The molecule has 0 fully saturated rings. The van der Waals surface area contributed by atoms with Gasteiger partial charge < -0.3 is 10.1 Å². The average molecular weight is 354 g/mol. The molecule has 0 unspecified atom stereocenters. The van der Waals surface area contributed by atoms with Crippen LogP contribution in [0.5, 0.6) is 0 Å². The fourth-order valence-electron chi connectivity index (χ4n) is 4.07. The zero-order valence-corrected chi connectivity index (χ0v) is 15.0. The molecular weight excluding hydrogens is 334 g/mol. The van der Waals surface area contributed by atoms with Crippen molar-refractivity contribution in [2.45, 2.75) is 25.3 Å². The number of hydrogen-bond donors (Lipinski definition) is 1. The number of carbonyl (C=O) groups is 1. The predicted molar refractivity (Wildman–Crippen MR) is 100 cm³/mol. The van der Waals surface area contributed by atoms with Crippen molar-refractivity contribution in [1.29, 1.82) is 0 Å². The molecule has 2 aromatic carbocycles. The van der Waals surface area contributed by atoms with Gasteiger partial charge in [-0.1, -0.05) is 53.6 Å². The van der Waals surface area contributed by atoms with Gasteiger partial charge in [0.1, 0.15) is 0 Å². The van der Waals surface area contributed by atoms with Gasteiger partial charge in [0.15, 0.2) is 0 Å². The van der Waals surface area contributed by atoms with E-state index in [4.69, 9.17) is 16.3 Å². The zero-order valence-electron chi connectivity index (χ0n) is 14.3. The summed E-state index contributed by atoms with van der Waals surface area (Å²) in [5, 5.41) is 4.25. The quantitative estimate of drug-likeness (QED) is 0.591. The van der Waals surface area contributed by atoms with Crippen LogP contribution in [0.4, 0.5) is 5.69 Å². The van der Waals surface area contributed by atoms with Gasteiger partial charge in [0, 0.05) is 5.92 Å². The second-order valence-electron chi connectivity index (χ2n) is 6.76. The first-order valence-electron chi connectivity index (χ1n) is 8.50. The molecular formula is C21H20ClNO2. The maximum absolute atomic E-state index is 12.3. The number of benzene rings is 2. The number of fused-ring (bicyclic) bond motifs is 3. The van der Waals surface area contributed by atoms with Crippen LogP contribution in [0.15, 0.2) is 48.6 Å². The molecule has 0 saturated carbocycles. The number of ether oxygens (including phenoxy) is 1. The lowest BCUT2D eigenvalue weighted by molar-refractivity contribution is 0.0598. The number of rotatable bonds is 2. The number of esters is 1. The molecule has 3 atom stereocenters. The minimum atomic E-state index is -0.317. The number of nitrogens with one attached hydrogen (secondary N) is 1. The smallest absolute Gasteiger partial charge is 0.338 e. The molecule has 3 nitrogen and oxygen atoms in total. The van der Waals surface area contributed by atoms with Crippen LogP contribution in [0.3, 0.4) is 0 Å². The minimum absolute atomic E-state index is 0.162. The van der Waals surface area contributed by atoms with Gasteiger partial charge in [0.05, 0.1) is 29.4 Å². The molecule has 0 saturated heterocycles. The molecule has 2 aromatic rings. The van der Waals surface area contributed by atoms with Crippen LogP contribution in [0.1, 0.15) is 45.4 Å². The van der Waals surface area contributed by atoms with E-state index in [1.54, 1.807) is 12.1 Å². The fraction of sp³-hybridized carbons (Fsp3) is 0.286. The number of halogens is 1. The van der Waals surface area contributed by atoms with Crippen molar-refractivity contribution < 1.29 is 9.53 Å². The monoisotopic (exact) mass is 353 g/mol. The highest BCUT2D eigenvalue weighted by Crippen LogP contribution is 2.52. The van der Waals surface area contributed by atoms with Crippen LogP contribution in [0.2, 0.25) is 5.02 Å². The first-order chi connectivity index (χ1) is 12.1. The molecule has 1 aliphatic heterocycles. The Morgan fingerprint density at radius 3 is 2.68 bits per heavy atom. The summed E-state index contributed by atoms with van der Waals surface area (Å²) in [5.74, 6) is 0.204. The first-order valence-corrected chi connectivity index (χ1v) is 8.88. The summed E-state index contributed by atoms with van der Waals surface area (Å²) < 4.78 is 4.98. The third kappa shape index (κ3) is 2.63. The Morgan fingerprint density at radius 1 is 1.20 bits per heavy atom. The topological polar surface area (TPSA) is 38.3 Å². The van der Waals surface area contributed by atoms with E-state index in [2.05, 4.69) is 48.7 Å². The third-order valence-electron chi connectivity index (χ3n) is 5.31. The lowest BCUT2D eigenvalue weighted by Gasteiger charge is -2.38. The highest BCUT2D eigenvalue weighted by atomic mass is 35.5. The SMILES string of the molecule is COC(=O)c1ccc(Cl)c2c1[C@@H]1C=CC[C@H]1[C@@H](c1ccc(C)cc1)N2. The van der Waals surface area contributed by atoms with Crippen molar-refractivity contribution in [2.75, 3.05) is 12.4 Å². The zero-order chi connectivity index (χ0) is 17.6. The normalized spacial score (nSPS) is 23.6. The first kappa shape index (κ1) is 16.2. The molecule has 25 heavy (non-hydrogen) atoms. The van der Waals surface area contributed by atoms with E-state index in [-0.39, 0.29) is 17.9 Å². The van der Waals surface area contributed by atoms with Gasteiger partial charge in [-0.25, -0.2) is 4.79 Å². The van der Waals surface area contributed by atoms with Gasteiger partial charge in [0.2, 0.25) is 0 Å². The Bertz CT molecular complexity index is 857. The van der Waals surface area contributed by atoms with Crippen molar-refractivity contribution in [1.82, 2.24) is 0 Å². The van der Waals surface area contributed by atoms with E-state index >= 15 is 0 Å². The molecule has 128 valence electrons. The van der Waals surface area contributed by atoms with Crippen molar-refractivity contribution in [2.24, 2.45) is 5.92 Å². The molecule has 0 spiro atoms. The molecule has 4 heteroatoms. The molecule has 1 heterocycles. The summed E-state index contributed by atoms with van der Waals surface area (Å²) in [4.78, 5) is 12.3. The van der Waals surface area contributed by atoms with Crippen molar-refractivity contribution in [3.05, 3.63) is 75.8 Å². The fourth-order valence-corrected chi connectivity index (χ4v) is 4.29. The Labute approximate surface area is 152 Å². The summed E-state index contributed by atoms with van der Waals surface area (Å²) in [7, 11) is 1.41. The summed E-state index contributed by atoms with van der Waals surface area (Å²) in [6.07, 6.45) is 5.38. The van der Waals surface area contributed by atoms with Crippen LogP contribution < -0.4 is 5.32 Å². The van der Waals surface area contributed by atoms with E-state index < -0.39 is 0 Å². The van der Waals surface area contributed by atoms with Crippen molar-refractivity contribution in [3.63, 3.8) is 0 Å². The number of anilines is 1. The maximum atomic E-state index is 12.3. The van der Waals surface area contributed by atoms with Gasteiger partial charge >= 0.3 is 5.97 Å². The van der Waals surface area contributed by atoms with E-state index in [1.807, 2.05) is 0 Å². The summed E-state index contributed by atoms with van der Waals surface area (Å²) >= 11 is 6.49. The van der Waals surface area contributed by atoms with E-state index in [9.17, 15) is 4.79 Å². The van der Waals surface area contributed by atoms with Crippen LogP contribution in [-0.4, -0.2) is 13.1 Å². The van der Waals surface area contributed by atoms with Gasteiger partial charge in [-0.15, -0.1) is 0 Å². The van der Waals surface area contributed by atoms with Gasteiger partial charge in [-0.2, -0.15) is 0 Å². The van der Waals surface area contributed by atoms with Gasteiger partial charge in [-0.3, -0.25) is 0 Å². The number of hydrogen-bond acceptors (Lipinski definition) is 3. The van der Waals surface area contributed by atoms with Crippen LogP contribution in [0.25, 0.3) is 0 Å². The largest absolute Gasteiger partial charge is 0.465 e. The Morgan fingerprint density at radius 2 is 1.96 bits per heavy atom.